The number of rotatable bonds is 2. The predicted molar refractivity (Wildman–Crippen MR) is 45.6 cm³/mol. The second kappa shape index (κ2) is 4.43. The Kier molecular flexibility index (Phi) is 3.50. The Bertz CT molecular complexity index is 185. The van der Waals surface area contributed by atoms with Gasteiger partial charge < -0.3 is 19.8 Å². The van der Waals surface area contributed by atoms with E-state index >= 15 is 0 Å². The molecule has 0 aromatic carbocycles. The summed E-state index contributed by atoms with van der Waals surface area (Å²) in [5.41, 5.74) is 0. The molecule has 5 heteroatoms. The van der Waals surface area contributed by atoms with Gasteiger partial charge in [0.05, 0.1) is 12.7 Å². The van der Waals surface area contributed by atoms with Crippen LogP contribution in [0.3, 0.4) is 0 Å². The molecule has 1 amide bonds. The summed E-state index contributed by atoms with van der Waals surface area (Å²) in [6.45, 7) is 1.18. The van der Waals surface area contributed by atoms with Crippen LogP contribution in [-0.2, 0) is 4.74 Å². The molecule has 0 aromatic rings. The van der Waals surface area contributed by atoms with Crippen molar-refractivity contribution >= 4 is 6.09 Å². The minimum Gasteiger partial charge on any atom is -0.465 e. The third kappa shape index (κ3) is 2.86. The highest BCUT2D eigenvalue weighted by Gasteiger charge is 2.28. The molecule has 0 aliphatic carbocycles. The van der Waals surface area contributed by atoms with Crippen molar-refractivity contribution in [3.8, 4) is 0 Å². The van der Waals surface area contributed by atoms with E-state index in [1.807, 2.05) is 0 Å². The second-order valence-electron chi connectivity index (χ2n) is 3.40. The first-order valence-corrected chi connectivity index (χ1v) is 4.28. The Morgan fingerprint density at radius 1 is 1.62 bits per heavy atom. The molecule has 1 heterocycles. The van der Waals surface area contributed by atoms with E-state index in [1.165, 1.54) is 4.90 Å². The lowest BCUT2D eigenvalue weighted by atomic mass is 9.97. The van der Waals surface area contributed by atoms with Crippen LogP contribution >= 0.6 is 0 Å². The number of carbonyl (C=O) groups is 1. The molecule has 0 bridgehead atoms. The minimum atomic E-state index is -0.972. The van der Waals surface area contributed by atoms with E-state index < -0.39 is 12.2 Å². The van der Waals surface area contributed by atoms with Crippen LogP contribution in [0.5, 0.6) is 0 Å². The molecule has 5 nitrogen and oxygen atoms in total. The molecule has 1 rings (SSSR count). The van der Waals surface area contributed by atoms with Crippen molar-refractivity contribution in [3.05, 3.63) is 0 Å². The summed E-state index contributed by atoms with van der Waals surface area (Å²) in [7, 11) is 1.58. The summed E-state index contributed by atoms with van der Waals surface area (Å²) in [4.78, 5) is 11.9. The van der Waals surface area contributed by atoms with Gasteiger partial charge in [-0.3, -0.25) is 0 Å². The largest absolute Gasteiger partial charge is 0.465 e. The fourth-order valence-electron chi connectivity index (χ4n) is 1.69. The monoisotopic (exact) mass is 189 g/mol. The van der Waals surface area contributed by atoms with Gasteiger partial charge in [-0.2, -0.15) is 0 Å². The van der Waals surface area contributed by atoms with Crippen LogP contribution in [0.2, 0.25) is 0 Å². The molecule has 2 N–H and O–H groups in total. The number of methoxy groups -OCH3 is 1. The molecule has 1 fully saturated rings. The number of aliphatic hydroxyl groups is 1. The van der Waals surface area contributed by atoms with Gasteiger partial charge in [0.1, 0.15) is 0 Å². The third-order valence-corrected chi connectivity index (χ3v) is 2.19. The van der Waals surface area contributed by atoms with Crippen LogP contribution in [0.4, 0.5) is 4.79 Å². The Balaban J connectivity index is 2.47. The highest BCUT2D eigenvalue weighted by atomic mass is 16.5. The van der Waals surface area contributed by atoms with Crippen LogP contribution in [-0.4, -0.2) is 54.1 Å². The number of β-amino-alcohol motifs (C(OH)–C–C–N with tert-alkyl or cyclic N) is 1. The van der Waals surface area contributed by atoms with Crippen LogP contribution in [0.25, 0.3) is 0 Å². The maximum Gasteiger partial charge on any atom is 0.407 e. The zero-order valence-corrected chi connectivity index (χ0v) is 7.64. The van der Waals surface area contributed by atoms with Crippen molar-refractivity contribution in [1.29, 1.82) is 0 Å². The molecule has 1 aliphatic rings. The standard InChI is InChI=1S/C8H15NO4/c1-13-5-6-2-7(10)4-9(3-6)8(11)12/h6-7,10H,2-5H2,1H3,(H,11,12). The molecule has 2 atom stereocenters. The van der Waals surface area contributed by atoms with Gasteiger partial charge in [-0.25, -0.2) is 4.79 Å². The van der Waals surface area contributed by atoms with E-state index in [-0.39, 0.29) is 12.5 Å². The molecular formula is C8H15NO4. The van der Waals surface area contributed by atoms with Crippen molar-refractivity contribution in [2.45, 2.75) is 12.5 Å². The Morgan fingerprint density at radius 3 is 2.85 bits per heavy atom. The van der Waals surface area contributed by atoms with E-state index in [0.717, 1.165) is 0 Å². The minimum absolute atomic E-state index is 0.116. The maximum atomic E-state index is 10.6. The number of likely N-dealkylation sites (tertiary alicyclic amines) is 1. The lowest BCUT2D eigenvalue weighted by Gasteiger charge is -2.33. The first kappa shape index (κ1) is 10.3. The number of hydrogen-bond donors (Lipinski definition) is 2. The van der Waals surface area contributed by atoms with Crippen molar-refractivity contribution in [3.63, 3.8) is 0 Å². The van der Waals surface area contributed by atoms with Crippen molar-refractivity contribution in [1.82, 2.24) is 4.90 Å². The lowest BCUT2D eigenvalue weighted by Crippen LogP contribution is -2.46. The van der Waals surface area contributed by atoms with Gasteiger partial charge in [-0.15, -0.1) is 0 Å². The zero-order valence-electron chi connectivity index (χ0n) is 7.64. The lowest BCUT2D eigenvalue weighted by molar-refractivity contribution is 0.0162. The average molecular weight is 189 g/mol. The Morgan fingerprint density at radius 2 is 2.31 bits per heavy atom. The molecule has 1 aliphatic heterocycles. The van der Waals surface area contributed by atoms with Crippen LogP contribution in [0.15, 0.2) is 0 Å². The molecule has 0 saturated carbocycles. The number of ether oxygens (including phenoxy) is 1. The van der Waals surface area contributed by atoms with Crippen molar-refractivity contribution in [2.24, 2.45) is 5.92 Å². The highest BCUT2D eigenvalue weighted by Crippen LogP contribution is 2.17. The van der Waals surface area contributed by atoms with Gasteiger partial charge in [0.15, 0.2) is 0 Å². The first-order chi connectivity index (χ1) is 6.13. The molecular weight excluding hydrogens is 174 g/mol. The van der Waals surface area contributed by atoms with E-state index in [1.54, 1.807) is 7.11 Å². The molecule has 0 spiro atoms. The summed E-state index contributed by atoms with van der Waals surface area (Å²) in [5.74, 6) is 0.116. The predicted octanol–water partition coefficient (Wildman–Crippen LogP) is -0.00640. The number of carboxylic acid groups (broad SMARTS) is 1. The normalized spacial score (nSPS) is 28.9. The van der Waals surface area contributed by atoms with Gasteiger partial charge in [0.25, 0.3) is 0 Å². The number of hydrogen-bond acceptors (Lipinski definition) is 3. The maximum absolute atomic E-state index is 10.6. The third-order valence-electron chi connectivity index (χ3n) is 2.19. The molecule has 76 valence electrons. The fourth-order valence-corrected chi connectivity index (χ4v) is 1.69. The molecule has 0 radical (unpaired) electrons. The Hall–Kier alpha value is -0.810. The van der Waals surface area contributed by atoms with E-state index in [4.69, 9.17) is 9.84 Å². The summed E-state index contributed by atoms with van der Waals surface area (Å²) >= 11 is 0. The van der Waals surface area contributed by atoms with E-state index in [0.29, 0.717) is 19.6 Å². The van der Waals surface area contributed by atoms with Gasteiger partial charge in [-0.05, 0) is 6.42 Å². The van der Waals surface area contributed by atoms with Crippen molar-refractivity contribution < 1.29 is 19.7 Å². The van der Waals surface area contributed by atoms with Gasteiger partial charge >= 0.3 is 6.09 Å². The van der Waals surface area contributed by atoms with E-state index in [2.05, 4.69) is 0 Å². The van der Waals surface area contributed by atoms with Crippen LogP contribution in [0, 0.1) is 5.92 Å². The molecule has 13 heavy (non-hydrogen) atoms. The topological polar surface area (TPSA) is 70.0 Å². The Labute approximate surface area is 76.9 Å². The summed E-state index contributed by atoms with van der Waals surface area (Å²) in [5, 5.41) is 18.1. The van der Waals surface area contributed by atoms with Gasteiger partial charge in [-0.1, -0.05) is 0 Å². The summed E-state index contributed by atoms with van der Waals surface area (Å²) < 4.78 is 4.93. The summed E-state index contributed by atoms with van der Waals surface area (Å²) in [6, 6.07) is 0. The molecule has 1 saturated heterocycles. The number of amides is 1. The van der Waals surface area contributed by atoms with Gasteiger partial charge in [0.2, 0.25) is 0 Å². The summed E-state index contributed by atoms with van der Waals surface area (Å²) in [6.07, 6.45) is -0.901. The molecule has 2 unspecified atom stereocenters. The van der Waals surface area contributed by atoms with Gasteiger partial charge in [0, 0.05) is 26.1 Å². The average Bonchev–Trinajstić information content (AvgIpc) is 2.03. The molecule has 0 aromatic heterocycles. The second-order valence-corrected chi connectivity index (χ2v) is 3.40. The van der Waals surface area contributed by atoms with Crippen LogP contribution in [0.1, 0.15) is 6.42 Å². The van der Waals surface area contributed by atoms with E-state index in [9.17, 15) is 9.90 Å². The quantitative estimate of drug-likeness (QED) is 0.641. The highest BCUT2D eigenvalue weighted by molar-refractivity contribution is 5.65. The fraction of sp³-hybridized carbons (Fsp3) is 0.875. The SMILES string of the molecule is COCC1CC(O)CN(C(=O)O)C1. The number of nitrogens with zero attached hydrogens (tertiary/aromatic N) is 1. The first-order valence-electron chi connectivity index (χ1n) is 4.28. The smallest absolute Gasteiger partial charge is 0.407 e. The zero-order chi connectivity index (χ0) is 9.84. The number of aliphatic hydroxyl groups excluding tert-OH is 1. The van der Waals surface area contributed by atoms with Crippen molar-refractivity contribution in [2.75, 3.05) is 26.8 Å². The number of piperidine rings is 1. The van der Waals surface area contributed by atoms with Crippen LogP contribution < -0.4 is 0 Å².